The van der Waals surface area contributed by atoms with Gasteiger partial charge in [-0.2, -0.15) is 0 Å². The molecule has 0 aromatic heterocycles. The first-order valence-electron chi connectivity index (χ1n) is 34.8. The van der Waals surface area contributed by atoms with E-state index in [1.54, 1.807) is 0 Å². The van der Waals surface area contributed by atoms with E-state index in [4.69, 9.17) is 13.8 Å². The highest BCUT2D eigenvalue weighted by Gasteiger charge is 2.30. The fraction of sp³-hybridized carbons (Fsp3) is 0.886. The number of carbonyl (C=O) groups excluding carboxylic acids is 2. The predicted octanol–water partition coefficient (Wildman–Crippen LogP) is 21.8. The Hall–Kier alpha value is -1.77. The Morgan fingerprint density at radius 3 is 1.15 bits per heavy atom. The van der Waals surface area contributed by atoms with Gasteiger partial charge in [-0.1, -0.05) is 308 Å². The van der Waals surface area contributed by atoms with Crippen molar-refractivity contribution in [3.8, 4) is 0 Å². The van der Waals surface area contributed by atoms with Gasteiger partial charge in [0.1, 0.15) is 19.3 Å². The number of esters is 1. The van der Waals surface area contributed by atoms with Gasteiger partial charge < -0.3 is 19.4 Å². The van der Waals surface area contributed by atoms with E-state index in [1.165, 1.54) is 250 Å². The molecule has 0 aliphatic carbocycles. The van der Waals surface area contributed by atoms with E-state index < -0.39 is 20.0 Å². The minimum atomic E-state index is -4.45. The fourth-order valence-corrected chi connectivity index (χ4v) is 11.2. The lowest BCUT2D eigenvalue weighted by Crippen LogP contribution is -2.47. The van der Waals surface area contributed by atoms with Crippen LogP contribution in [0.4, 0.5) is 0 Å². The Kier molecular flexibility index (Phi) is 59.0. The molecule has 3 atom stereocenters. The maximum absolute atomic E-state index is 13.6. The first-order valence-corrected chi connectivity index (χ1v) is 36.3. The van der Waals surface area contributed by atoms with Crippen LogP contribution in [-0.2, 0) is 27.9 Å². The molecule has 80 heavy (non-hydrogen) atoms. The summed E-state index contributed by atoms with van der Waals surface area (Å²) in [6, 6.07) is -0.844. The van der Waals surface area contributed by atoms with Crippen LogP contribution in [0, 0.1) is 0 Å². The number of allylic oxidation sites excluding steroid dienone is 5. The molecule has 0 aliphatic heterocycles. The number of nitrogens with zero attached hydrogens (tertiary/aromatic N) is 1. The monoisotopic (exact) mass is 1150 g/mol. The molecule has 472 valence electrons. The predicted molar refractivity (Wildman–Crippen MR) is 346 cm³/mol. The standard InChI is InChI=1S/C70H135N2O7P/c1-7-10-13-16-19-22-25-28-30-32-33-34-35-36-37-38-39-41-43-45-48-51-54-57-60-63-70(74)79-68(61-58-55-52-49-46-27-24-21-18-15-12-9-3)67(66-78-80(75,76)77-65-64-72(4,5)6)71-69(73)62-59-56-53-50-47-44-42-40-31-29-26-23-20-17-14-11-8-2/h19,22,28,30,58,61,67-68H,7-18,20-21,23-27,29,31-57,59-60,62-66H2,1-6H3,(H-,71,73,75,76)/p+1/b22-19-,30-28-,61-58+. The van der Waals surface area contributed by atoms with Crippen LogP contribution in [0.25, 0.3) is 0 Å². The van der Waals surface area contributed by atoms with Crippen LogP contribution in [-0.4, -0.2) is 74.3 Å². The zero-order valence-electron chi connectivity index (χ0n) is 54.1. The highest BCUT2D eigenvalue weighted by atomic mass is 31.2. The third-order valence-corrected chi connectivity index (χ3v) is 16.8. The lowest BCUT2D eigenvalue weighted by atomic mass is 10.0. The van der Waals surface area contributed by atoms with Crippen LogP contribution in [0.5, 0.6) is 0 Å². The van der Waals surface area contributed by atoms with E-state index in [-0.39, 0.29) is 25.1 Å². The molecular weight excluding hydrogens is 1010 g/mol. The number of unbranched alkanes of at least 4 members (excludes halogenated alkanes) is 44. The minimum absolute atomic E-state index is 0.0436. The largest absolute Gasteiger partial charge is 0.472 e. The van der Waals surface area contributed by atoms with E-state index in [1.807, 2.05) is 33.3 Å². The van der Waals surface area contributed by atoms with E-state index in [2.05, 4.69) is 50.4 Å². The van der Waals surface area contributed by atoms with Crippen molar-refractivity contribution in [1.82, 2.24) is 5.32 Å². The number of carbonyl (C=O) groups is 2. The number of phosphoric ester groups is 1. The van der Waals surface area contributed by atoms with Crippen LogP contribution in [0.3, 0.4) is 0 Å². The number of phosphoric acid groups is 1. The Balaban J connectivity index is 5.03. The first kappa shape index (κ1) is 78.2. The molecule has 0 saturated heterocycles. The van der Waals surface area contributed by atoms with Gasteiger partial charge in [0.05, 0.1) is 33.8 Å². The van der Waals surface area contributed by atoms with Crippen molar-refractivity contribution in [3.63, 3.8) is 0 Å². The molecule has 10 heteroatoms. The third-order valence-electron chi connectivity index (χ3n) is 15.8. The molecule has 0 heterocycles. The Morgan fingerprint density at radius 1 is 0.438 bits per heavy atom. The number of rotatable bonds is 64. The van der Waals surface area contributed by atoms with Gasteiger partial charge in [-0.25, -0.2) is 4.57 Å². The van der Waals surface area contributed by atoms with Gasteiger partial charge in [0.25, 0.3) is 0 Å². The Morgan fingerprint density at radius 2 is 0.762 bits per heavy atom. The van der Waals surface area contributed by atoms with E-state index >= 15 is 0 Å². The second-order valence-corrected chi connectivity index (χ2v) is 26.5. The van der Waals surface area contributed by atoms with Gasteiger partial charge in [0.2, 0.25) is 5.91 Å². The number of hydrogen-bond donors (Lipinski definition) is 2. The molecule has 2 N–H and O–H groups in total. The Labute approximate surface area is 497 Å². The van der Waals surface area contributed by atoms with E-state index in [0.717, 1.165) is 64.2 Å². The summed E-state index contributed by atoms with van der Waals surface area (Å²) in [5.41, 5.74) is 0. The number of quaternary nitrogens is 1. The highest BCUT2D eigenvalue weighted by molar-refractivity contribution is 7.47. The normalized spacial score (nSPS) is 13.7. The van der Waals surface area contributed by atoms with Gasteiger partial charge in [0, 0.05) is 12.8 Å². The average Bonchev–Trinajstić information content (AvgIpc) is 3.42. The fourth-order valence-electron chi connectivity index (χ4n) is 10.4. The van der Waals surface area contributed by atoms with Crippen molar-refractivity contribution < 1.29 is 37.3 Å². The maximum atomic E-state index is 13.6. The van der Waals surface area contributed by atoms with Crippen molar-refractivity contribution in [2.24, 2.45) is 0 Å². The zero-order chi connectivity index (χ0) is 58.6. The number of nitrogens with one attached hydrogen (secondary N) is 1. The summed E-state index contributed by atoms with van der Waals surface area (Å²) in [5, 5.41) is 3.07. The summed E-state index contributed by atoms with van der Waals surface area (Å²) in [7, 11) is 1.51. The second kappa shape index (κ2) is 60.4. The summed E-state index contributed by atoms with van der Waals surface area (Å²) in [5.74, 6) is -0.485. The number of amides is 1. The quantitative estimate of drug-likeness (QED) is 0.0205. The maximum Gasteiger partial charge on any atom is 0.472 e. The van der Waals surface area contributed by atoms with Gasteiger partial charge in [-0.3, -0.25) is 18.6 Å². The molecular formula is C70H136N2O7P+. The number of hydrogen-bond acceptors (Lipinski definition) is 6. The van der Waals surface area contributed by atoms with Crippen LogP contribution >= 0.6 is 7.82 Å². The summed E-state index contributed by atoms with van der Waals surface area (Å²) >= 11 is 0. The molecule has 0 aromatic rings. The van der Waals surface area contributed by atoms with Crippen LogP contribution in [0.15, 0.2) is 36.5 Å². The summed E-state index contributed by atoms with van der Waals surface area (Å²) in [6.45, 7) is 7.04. The summed E-state index contributed by atoms with van der Waals surface area (Å²) in [4.78, 5) is 37.8. The second-order valence-electron chi connectivity index (χ2n) is 25.1. The smallest absolute Gasteiger partial charge is 0.456 e. The van der Waals surface area contributed by atoms with Crippen LogP contribution < -0.4 is 5.32 Å². The molecule has 0 aromatic carbocycles. The van der Waals surface area contributed by atoms with Gasteiger partial charge >= 0.3 is 13.8 Å². The highest BCUT2D eigenvalue weighted by Crippen LogP contribution is 2.43. The van der Waals surface area contributed by atoms with Crippen LogP contribution in [0.1, 0.15) is 348 Å². The summed E-state index contributed by atoms with van der Waals surface area (Å²) < 4.78 is 30.8. The molecule has 3 unspecified atom stereocenters. The molecule has 0 rings (SSSR count). The van der Waals surface area contributed by atoms with Crippen molar-refractivity contribution >= 4 is 19.7 Å². The van der Waals surface area contributed by atoms with Gasteiger partial charge in [-0.05, 0) is 63.9 Å². The van der Waals surface area contributed by atoms with Crippen molar-refractivity contribution in [1.29, 1.82) is 0 Å². The molecule has 0 aliphatic rings. The first-order chi connectivity index (χ1) is 38.9. The number of likely N-dealkylation sites (N-methyl/N-ethyl adjacent to an activating group) is 1. The zero-order valence-corrected chi connectivity index (χ0v) is 55.0. The molecule has 0 radical (unpaired) electrons. The van der Waals surface area contributed by atoms with Crippen molar-refractivity contribution in [2.45, 2.75) is 360 Å². The lowest BCUT2D eigenvalue weighted by molar-refractivity contribution is -0.870. The third kappa shape index (κ3) is 60.8. The summed E-state index contributed by atoms with van der Waals surface area (Å²) in [6.07, 6.45) is 74.4. The lowest BCUT2D eigenvalue weighted by Gasteiger charge is -2.27. The van der Waals surface area contributed by atoms with Gasteiger partial charge in [0.15, 0.2) is 0 Å². The minimum Gasteiger partial charge on any atom is -0.456 e. The van der Waals surface area contributed by atoms with Crippen LogP contribution in [0.2, 0.25) is 0 Å². The van der Waals surface area contributed by atoms with E-state index in [0.29, 0.717) is 23.9 Å². The van der Waals surface area contributed by atoms with Crippen molar-refractivity contribution in [2.75, 3.05) is 40.9 Å². The molecule has 0 spiro atoms. The van der Waals surface area contributed by atoms with E-state index in [9.17, 15) is 19.0 Å². The molecule has 1 amide bonds. The Bertz CT molecular complexity index is 1460. The topological polar surface area (TPSA) is 111 Å². The SMILES string of the molecule is CCCCC/C=C\C/C=C\CCCCCCCCCCCCCCCCCC(=O)OC(/C=C/CCCCCCCCCCCC)C(COP(=O)(O)OCC[N+](C)(C)C)NC(=O)CCCCCCCCCCCCCCCCCCC. The molecule has 0 fully saturated rings. The van der Waals surface area contributed by atoms with Gasteiger partial charge in [-0.15, -0.1) is 0 Å². The molecule has 9 nitrogen and oxygen atoms in total. The molecule has 0 saturated carbocycles. The molecule has 0 bridgehead atoms. The average molecular weight is 1150 g/mol. The van der Waals surface area contributed by atoms with Crippen molar-refractivity contribution in [3.05, 3.63) is 36.5 Å². The number of ether oxygens (including phenoxy) is 1.